The van der Waals surface area contributed by atoms with Crippen LogP contribution in [-0.4, -0.2) is 9.76 Å². The molecule has 2 rings (SSSR count). The highest BCUT2D eigenvalue weighted by molar-refractivity contribution is 14.1. The summed E-state index contributed by atoms with van der Waals surface area (Å²) in [4.78, 5) is 0. The van der Waals surface area contributed by atoms with Crippen molar-refractivity contribution in [2.24, 2.45) is 5.92 Å². The molecule has 0 aliphatic heterocycles. The summed E-state index contributed by atoms with van der Waals surface area (Å²) < 4.78 is 7.29. The Labute approximate surface area is 131 Å². The molecule has 0 aromatic heterocycles. The first-order valence-corrected chi connectivity index (χ1v) is 8.51. The minimum Gasteiger partial charge on any atom is -0.540 e. The molecular weight excluding hydrogens is 363 g/mol. The van der Waals surface area contributed by atoms with Gasteiger partial charge in [-0.1, -0.05) is 45.9 Å². The minimum absolute atomic E-state index is 0.221. The molecule has 0 heterocycles. The van der Waals surface area contributed by atoms with E-state index in [1.807, 2.05) is 0 Å². The molecular formula is C16H19IOSi. The van der Waals surface area contributed by atoms with Crippen molar-refractivity contribution in [2.75, 3.05) is 0 Å². The fourth-order valence-corrected chi connectivity index (χ4v) is 3.00. The van der Waals surface area contributed by atoms with Crippen LogP contribution in [0, 0.1) is 9.49 Å². The van der Waals surface area contributed by atoms with Gasteiger partial charge < -0.3 is 4.43 Å². The van der Waals surface area contributed by atoms with Gasteiger partial charge in [-0.2, -0.15) is 0 Å². The first-order valence-electron chi connectivity index (χ1n) is 6.52. The minimum atomic E-state index is 0.221. The van der Waals surface area contributed by atoms with Gasteiger partial charge in [0.05, 0.1) is 0 Å². The van der Waals surface area contributed by atoms with Crippen LogP contribution in [0.15, 0.2) is 36.4 Å². The smallest absolute Gasteiger partial charge is 0.317 e. The van der Waals surface area contributed by atoms with Crippen LogP contribution in [0.1, 0.15) is 27.7 Å². The largest absolute Gasteiger partial charge is 0.540 e. The molecule has 0 amide bonds. The second-order valence-electron chi connectivity index (χ2n) is 5.70. The fourth-order valence-electron chi connectivity index (χ4n) is 1.59. The van der Waals surface area contributed by atoms with E-state index in [0.717, 1.165) is 5.75 Å². The lowest BCUT2D eigenvalue weighted by Gasteiger charge is -2.26. The van der Waals surface area contributed by atoms with E-state index in [2.05, 4.69) is 86.7 Å². The van der Waals surface area contributed by atoms with Crippen LogP contribution >= 0.6 is 22.6 Å². The maximum absolute atomic E-state index is 6.02. The molecule has 1 nitrogen and oxygen atoms in total. The van der Waals surface area contributed by atoms with E-state index >= 15 is 0 Å². The van der Waals surface area contributed by atoms with Crippen LogP contribution in [0.25, 0.3) is 10.8 Å². The highest BCUT2D eigenvalue weighted by atomic mass is 127. The summed E-state index contributed by atoms with van der Waals surface area (Å²) in [6.07, 6.45) is 0. The zero-order valence-corrected chi connectivity index (χ0v) is 15.0. The van der Waals surface area contributed by atoms with Crippen LogP contribution in [-0.2, 0) is 0 Å². The third-order valence-corrected chi connectivity index (χ3v) is 6.06. The van der Waals surface area contributed by atoms with Gasteiger partial charge in [0.25, 0.3) is 0 Å². The quantitative estimate of drug-likeness (QED) is 0.515. The van der Waals surface area contributed by atoms with E-state index in [1.165, 1.54) is 14.3 Å². The topological polar surface area (TPSA) is 9.23 Å². The highest BCUT2D eigenvalue weighted by Crippen LogP contribution is 2.33. The Bertz CT molecular complexity index is 578. The van der Waals surface area contributed by atoms with Crippen molar-refractivity contribution in [2.45, 2.75) is 32.7 Å². The van der Waals surface area contributed by atoms with Crippen molar-refractivity contribution in [3.63, 3.8) is 0 Å². The average molecular weight is 382 g/mol. The Hall–Kier alpha value is -0.553. The predicted octanol–water partition coefficient (Wildman–Crippen LogP) is 5.30. The van der Waals surface area contributed by atoms with Gasteiger partial charge in [0, 0.05) is 3.57 Å². The van der Waals surface area contributed by atoms with Crippen molar-refractivity contribution in [1.29, 1.82) is 0 Å². The third kappa shape index (κ3) is 3.51. The van der Waals surface area contributed by atoms with Crippen LogP contribution in [0.4, 0.5) is 0 Å². The van der Waals surface area contributed by atoms with Gasteiger partial charge in [0.1, 0.15) is 5.75 Å². The molecule has 3 heteroatoms. The molecule has 2 radical (unpaired) electrons. The summed E-state index contributed by atoms with van der Waals surface area (Å²) in [6, 6.07) is 12.7. The van der Waals surface area contributed by atoms with Gasteiger partial charge in [0.15, 0.2) is 0 Å². The lowest BCUT2D eigenvalue weighted by atomic mass is 9.99. The first kappa shape index (κ1) is 14.8. The van der Waals surface area contributed by atoms with Crippen molar-refractivity contribution in [3.05, 3.63) is 40.0 Å². The molecule has 0 saturated heterocycles. The molecule has 0 fully saturated rings. The summed E-state index contributed by atoms with van der Waals surface area (Å²) in [7, 11) is 0.482. The zero-order chi connectivity index (χ0) is 14.0. The summed E-state index contributed by atoms with van der Waals surface area (Å²) in [5.74, 6) is 1.59. The van der Waals surface area contributed by atoms with E-state index in [1.54, 1.807) is 0 Å². The SMILES string of the molecule is CC(C)C(C)(C)[Si]Oc1ccc2cccc(I)c2c1. The van der Waals surface area contributed by atoms with Crippen LogP contribution < -0.4 is 4.43 Å². The number of halogens is 1. The van der Waals surface area contributed by atoms with Crippen molar-refractivity contribution >= 4 is 43.1 Å². The maximum atomic E-state index is 6.02. The van der Waals surface area contributed by atoms with E-state index < -0.39 is 0 Å². The normalized spacial score (nSPS) is 12.1. The van der Waals surface area contributed by atoms with Crippen LogP contribution in [0.5, 0.6) is 5.75 Å². The Morgan fingerprint density at radius 1 is 1.16 bits per heavy atom. The molecule has 0 saturated carbocycles. The van der Waals surface area contributed by atoms with E-state index in [-0.39, 0.29) is 5.04 Å². The molecule has 0 aliphatic rings. The predicted molar refractivity (Wildman–Crippen MR) is 91.9 cm³/mol. The van der Waals surface area contributed by atoms with Crippen molar-refractivity contribution in [3.8, 4) is 5.75 Å². The standard InChI is InChI=1S/C16H19IOSi/c1-11(2)16(3,4)19-18-13-9-8-12-6-5-7-15(17)14(12)10-13/h5-11H,1-4H3. The van der Waals surface area contributed by atoms with Crippen LogP contribution in [0.2, 0.25) is 5.04 Å². The van der Waals surface area contributed by atoms with Crippen molar-refractivity contribution in [1.82, 2.24) is 0 Å². The second kappa shape index (κ2) is 5.83. The average Bonchev–Trinajstić information content (AvgIpc) is 2.37. The molecule has 2 aromatic carbocycles. The third-order valence-electron chi connectivity index (χ3n) is 3.68. The number of rotatable bonds is 4. The zero-order valence-electron chi connectivity index (χ0n) is 11.8. The van der Waals surface area contributed by atoms with Crippen molar-refractivity contribution < 1.29 is 4.43 Å². The summed E-state index contributed by atoms with van der Waals surface area (Å²) in [5, 5.41) is 2.76. The summed E-state index contributed by atoms with van der Waals surface area (Å²) in [5.41, 5.74) is 0. The van der Waals surface area contributed by atoms with E-state index in [4.69, 9.17) is 4.43 Å². The Morgan fingerprint density at radius 3 is 2.58 bits per heavy atom. The number of fused-ring (bicyclic) bond motifs is 1. The molecule has 0 atom stereocenters. The molecule has 0 N–H and O–H groups in total. The molecule has 0 spiro atoms. The maximum Gasteiger partial charge on any atom is 0.317 e. The van der Waals surface area contributed by atoms with Gasteiger partial charge in [0.2, 0.25) is 0 Å². The fraction of sp³-hybridized carbons (Fsp3) is 0.375. The van der Waals surface area contributed by atoms with Crippen LogP contribution in [0.3, 0.4) is 0 Å². The highest BCUT2D eigenvalue weighted by Gasteiger charge is 2.26. The molecule has 0 bridgehead atoms. The van der Waals surface area contributed by atoms with Gasteiger partial charge in [-0.05, 0) is 62.5 Å². The van der Waals surface area contributed by atoms with Gasteiger partial charge in [-0.25, -0.2) is 0 Å². The van der Waals surface area contributed by atoms with E-state index in [0.29, 0.717) is 15.7 Å². The van der Waals surface area contributed by atoms with Gasteiger partial charge in [-0.15, -0.1) is 0 Å². The molecule has 2 aromatic rings. The van der Waals surface area contributed by atoms with Gasteiger partial charge in [-0.3, -0.25) is 0 Å². The number of hydrogen-bond donors (Lipinski definition) is 0. The first-order chi connectivity index (χ1) is 8.90. The van der Waals surface area contributed by atoms with E-state index in [9.17, 15) is 0 Å². The summed E-state index contributed by atoms with van der Waals surface area (Å²) in [6.45, 7) is 9.03. The second-order valence-corrected chi connectivity index (χ2v) is 8.56. The van der Waals surface area contributed by atoms with Gasteiger partial charge >= 0.3 is 9.76 Å². The number of benzene rings is 2. The lowest BCUT2D eigenvalue weighted by Crippen LogP contribution is -2.24. The molecule has 0 unspecified atom stereocenters. The molecule has 0 aliphatic carbocycles. The Kier molecular flexibility index (Phi) is 4.56. The summed E-state index contributed by atoms with van der Waals surface area (Å²) >= 11 is 2.38. The molecule has 100 valence electrons. The monoisotopic (exact) mass is 382 g/mol. The lowest BCUT2D eigenvalue weighted by molar-refractivity contribution is 0.428. The Morgan fingerprint density at radius 2 is 1.89 bits per heavy atom. The molecule has 19 heavy (non-hydrogen) atoms. The Balaban J connectivity index is 2.20. The number of hydrogen-bond acceptors (Lipinski definition) is 1.